The summed E-state index contributed by atoms with van der Waals surface area (Å²) in [5.74, 6) is 0.618. The van der Waals surface area contributed by atoms with Crippen molar-refractivity contribution in [2.75, 3.05) is 5.75 Å². The highest BCUT2D eigenvalue weighted by Crippen LogP contribution is 2.24. The molecule has 0 aliphatic carbocycles. The molecule has 0 atom stereocenters. The van der Waals surface area contributed by atoms with Gasteiger partial charge in [0, 0.05) is 34.5 Å². The first-order valence-corrected chi connectivity index (χ1v) is 10.6. The van der Waals surface area contributed by atoms with Crippen LogP contribution in [0.5, 0.6) is 0 Å². The molecule has 0 amide bonds. The molecule has 0 unspecified atom stereocenters. The third-order valence-electron chi connectivity index (χ3n) is 4.38. The van der Waals surface area contributed by atoms with Gasteiger partial charge >= 0.3 is 5.69 Å². The van der Waals surface area contributed by atoms with Crippen LogP contribution in [-0.2, 0) is 6.42 Å². The molecule has 10 heteroatoms. The van der Waals surface area contributed by atoms with Crippen molar-refractivity contribution < 1.29 is 4.79 Å². The molecule has 0 radical (unpaired) electrons. The highest BCUT2D eigenvalue weighted by molar-refractivity contribution is 7.99. The fraction of sp³-hybridized carbons (Fsp3) is 0.0952. The predicted octanol–water partition coefficient (Wildman–Crippen LogP) is 2.86. The predicted molar refractivity (Wildman–Crippen MR) is 118 cm³/mol. The van der Waals surface area contributed by atoms with Crippen molar-refractivity contribution in [3.8, 4) is 5.69 Å². The molecule has 8 nitrogen and oxygen atoms in total. The van der Waals surface area contributed by atoms with Gasteiger partial charge in [-0.3, -0.25) is 19.1 Å². The van der Waals surface area contributed by atoms with Crippen molar-refractivity contribution >= 4 is 29.1 Å². The SMILES string of the molecule is O=C(CSc1nnc(Cc2cc(=O)[nH]c(=O)[nH]2)n1-c1ccccc1)c1ccc(Cl)cc1. The normalized spacial score (nSPS) is 10.9. The number of H-pyrrole nitrogens is 2. The van der Waals surface area contributed by atoms with Gasteiger partial charge in [0.05, 0.1) is 5.75 Å². The molecule has 2 aromatic carbocycles. The fourth-order valence-corrected chi connectivity index (χ4v) is 3.97. The van der Waals surface area contributed by atoms with E-state index >= 15 is 0 Å². The quantitative estimate of drug-likeness (QED) is 0.328. The zero-order valence-corrected chi connectivity index (χ0v) is 17.6. The van der Waals surface area contributed by atoms with Crippen LogP contribution in [0, 0.1) is 0 Å². The Morgan fingerprint density at radius 3 is 2.45 bits per heavy atom. The van der Waals surface area contributed by atoms with Crippen LogP contribution < -0.4 is 11.2 Å². The summed E-state index contributed by atoms with van der Waals surface area (Å²) < 4.78 is 1.80. The van der Waals surface area contributed by atoms with Crippen LogP contribution in [0.3, 0.4) is 0 Å². The molecule has 31 heavy (non-hydrogen) atoms. The second-order valence-electron chi connectivity index (χ2n) is 6.58. The molecule has 0 bridgehead atoms. The molecule has 2 heterocycles. The Morgan fingerprint density at radius 1 is 1.00 bits per heavy atom. The van der Waals surface area contributed by atoms with Gasteiger partial charge in [0.25, 0.3) is 5.56 Å². The third kappa shape index (κ3) is 5.01. The Labute approximate surface area is 185 Å². The molecule has 2 aromatic heterocycles. The molecule has 0 spiro atoms. The molecular formula is C21H16ClN5O3S. The van der Waals surface area contributed by atoms with Gasteiger partial charge < -0.3 is 4.98 Å². The number of carbonyl (C=O) groups is 1. The summed E-state index contributed by atoms with van der Waals surface area (Å²) in [5.41, 5.74) is 0.691. The smallest absolute Gasteiger partial charge is 0.311 e. The van der Waals surface area contributed by atoms with E-state index in [0.717, 1.165) is 5.69 Å². The van der Waals surface area contributed by atoms with Crippen LogP contribution in [0.15, 0.2) is 75.4 Å². The van der Waals surface area contributed by atoms with E-state index in [-0.39, 0.29) is 18.0 Å². The van der Waals surface area contributed by atoms with Crippen LogP contribution in [-0.4, -0.2) is 36.3 Å². The van der Waals surface area contributed by atoms with E-state index in [0.29, 0.717) is 27.3 Å². The monoisotopic (exact) mass is 453 g/mol. The molecular weight excluding hydrogens is 438 g/mol. The average molecular weight is 454 g/mol. The Balaban J connectivity index is 1.63. The zero-order valence-electron chi connectivity index (χ0n) is 16.0. The van der Waals surface area contributed by atoms with E-state index in [4.69, 9.17) is 11.6 Å². The number of hydrogen-bond acceptors (Lipinski definition) is 6. The molecule has 0 aliphatic rings. The molecule has 4 rings (SSSR count). The number of halogens is 1. The highest BCUT2D eigenvalue weighted by Gasteiger charge is 2.17. The lowest BCUT2D eigenvalue weighted by Crippen LogP contribution is -2.23. The van der Waals surface area contributed by atoms with E-state index in [1.807, 2.05) is 30.3 Å². The fourth-order valence-electron chi connectivity index (χ4n) is 2.98. The maximum Gasteiger partial charge on any atom is 0.325 e. The van der Waals surface area contributed by atoms with Gasteiger partial charge in [-0.25, -0.2) is 4.79 Å². The largest absolute Gasteiger partial charge is 0.325 e. The Bertz CT molecular complexity index is 1300. The number of benzene rings is 2. The summed E-state index contributed by atoms with van der Waals surface area (Å²) in [6, 6.07) is 17.4. The van der Waals surface area contributed by atoms with Crippen molar-refractivity contribution in [1.29, 1.82) is 0 Å². The van der Waals surface area contributed by atoms with Crippen molar-refractivity contribution in [3.05, 3.63) is 104 Å². The standard InChI is InChI=1S/C21H16ClN5O3S/c22-14-8-6-13(7-9-14)17(28)12-31-21-26-25-18(27(21)16-4-2-1-3-5-16)10-15-11-19(29)24-20(30)23-15/h1-9,11H,10,12H2,(H2,23,24,29,30). The third-order valence-corrected chi connectivity index (χ3v) is 5.56. The average Bonchev–Trinajstić information content (AvgIpc) is 3.14. The van der Waals surface area contributed by atoms with Crippen LogP contribution in [0.4, 0.5) is 0 Å². The number of nitrogens with one attached hydrogen (secondary N) is 2. The van der Waals surface area contributed by atoms with Crippen molar-refractivity contribution in [2.45, 2.75) is 11.6 Å². The summed E-state index contributed by atoms with van der Waals surface area (Å²) in [6.07, 6.45) is 0.187. The van der Waals surface area contributed by atoms with Crippen molar-refractivity contribution in [2.24, 2.45) is 0 Å². The van der Waals surface area contributed by atoms with Crippen molar-refractivity contribution in [3.63, 3.8) is 0 Å². The highest BCUT2D eigenvalue weighted by atomic mass is 35.5. The summed E-state index contributed by atoms with van der Waals surface area (Å²) in [4.78, 5) is 40.5. The second-order valence-corrected chi connectivity index (χ2v) is 7.96. The van der Waals surface area contributed by atoms with Gasteiger partial charge in [-0.05, 0) is 36.4 Å². The molecule has 0 saturated carbocycles. The minimum Gasteiger partial charge on any atom is -0.311 e. The minimum atomic E-state index is -0.587. The number of ketones is 1. The van der Waals surface area contributed by atoms with Gasteiger partial charge in [-0.1, -0.05) is 41.6 Å². The van der Waals surface area contributed by atoms with E-state index in [1.54, 1.807) is 28.8 Å². The Morgan fingerprint density at radius 2 is 1.74 bits per heavy atom. The van der Waals surface area contributed by atoms with Crippen LogP contribution in [0.1, 0.15) is 21.9 Å². The summed E-state index contributed by atoms with van der Waals surface area (Å²) >= 11 is 7.14. The molecule has 2 N–H and O–H groups in total. The van der Waals surface area contributed by atoms with Crippen molar-refractivity contribution in [1.82, 2.24) is 24.7 Å². The number of nitrogens with zero attached hydrogens (tertiary/aromatic N) is 3. The number of aromatic amines is 2. The topological polar surface area (TPSA) is 114 Å². The van der Waals surface area contributed by atoms with Gasteiger partial charge in [-0.2, -0.15) is 0 Å². The van der Waals surface area contributed by atoms with Crippen LogP contribution >= 0.6 is 23.4 Å². The second kappa shape index (κ2) is 9.15. The Kier molecular flexibility index (Phi) is 6.15. The van der Waals surface area contributed by atoms with Crippen LogP contribution in [0.25, 0.3) is 5.69 Å². The van der Waals surface area contributed by atoms with E-state index in [1.165, 1.54) is 17.8 Å². The lowest BCUT2D eigenvalue weighted by molar-refractivity contribution is 0.102. The molecule has 4 aromatic rings. The van der Waals surface area contributed by atoms with Gasteiger partial charge in [0.2, 0.25) is 0 Å². The maximum atomic E-state index is 12.6. The lowest BCUT2D eigenvalue weighted by atomic mass is 10.1. The first kappa shape index (κ1) is 20.8. The van der Waals surface area contributed by atoms with E-state index in [2.05, 4.69) is 20.2 Å². The maximum absolute atomic E-state index is 12.6. The molecule has 0 aliphatic heterocycles. The lowest BCUT2D eigenvalue weighted by Gasteiger charge is -2.10. The van der Waals surface area contributed by atoms with Gasteiger partial charge in [0.15, 0.2) is 10.9 Å². The number of thioether (sulfide) groups is 1. The summed E-state index contributed by atoms with van der Waals surface area (Å²) in [7, 11) is 0. The van der Waals surface area contributed by atoms with Gasteiger partial charge in [-0.15, -0.1) is 10.2 Å². The minimum absolute atomic E-state index is 0.0650. The number of carbonyl (C=O) groups excluding carboxylic acids is 1. The van der Waals surface area contributed by atoms with E-state index < -0.39 is 11.2 Å². The summed E-state index contributed by atoms with van der Waals surface area (Å²) in [5, 5.41) is 9.57. The zero-order chi connectivity index (χ0) is 21.8. The summed E-state index contributed by atoms with van der Waals surface area (Å²) in [6.45, 7) is 0. The molecule has 0 saturated heterocycles. The number of hydrogen-bond donors (Lipinski definition) is 2. The number of rotatable bonds is 7. The number of Topliss-reactive ketones (excluding diaryl/α,β-unsaturated/α-hetero) is 1. The molecule has 0 fully saturated rings. The number of para-hydroxylation sites is 1. The molecule has 156 valence electrons. The first-order valence-electron chi connectivity index (χ1n) is 9.23. The number of aromatic nitrogens is 5. The van der Waals surface area contributed by atoms with E-state index in [9.17, 15) is 14.4 Å². The van der Waals surface area contributed by atoms with Crippen LogP contribution in [0.2, 0.25) is 5.02 Å². The Hall–Kier alpha value is -3.43. The van der Waals surface area contributed by atoms with Gasteiger partial charge in [0.1, 0.15) is 5.82 Å². The first-order chi connectivity index (χ1) is 15.0.